The molecule has 7 nitrogen and oxygen atoms in total. The summed E-state index contributed by atoms with van der Waals surface area (Å²) in [6.07, 6.45) is 2.95. The maximum Gasteiger partial charge on any atom is 0.254 e. The summed E-state index contributed by atoms with van der Waals surface area (Å²) in [7, 11) is 0. The van der Waals surface area contributed by atoms with Crippen molar-refractivity contribution in [3.8, 4) is 5.82 Å². The first kappa shape index (κ1) is 9.13. The van der Waals surface area contributed by atoms with Crippen molar-refractivity contribution in [2.75, 3.05) is 5.73 Å². The van der Waals surface area contributed by atoms with Gasteiger partial charge in [0, 0.05) is 12.4 Å². The van der Waals surface area contributed by atoms with E-state index >= 15 is 0 Å². The Morgan fingerprint density at radius 3 is 2.80 bits per heavy atom. The Balaban J connectivity index is 2.48. The molecule has 0 fully saturated rings. The number of nitrogen functional groups attached to an aromatic ring is 1. The van der Waals surface area contributed by atoms with E-state index in [1.165, 1.54) is 17.1 Å². The van der Waals surface area contributed by atoms with Crippen molar-refractivity contribution in [2.24, 2.45) is 5.73 Å². The molecule has 0 atom stereocenters. The molecule has 0 saturated carbocycles. The predicted octanol–water partition coefficient (Wildman–Crippen LogP) is -0.657. The lowest BCUT2D eigenvalue weighted by atomic mass is 10.3. The summed E-state index contributed by atoms with van der Waals surface area (Å²) in [5, 5.41) is 11.4. The second-order valence-corrected chi connectivity index (χ2v) is 2.82. The van der Waals surface area contributed by atoms with Gasteiger partial charge in [-0.05, 0) is 12.1 Å². The van der Waals surface area contributed by atoms with E-state index in [-0.39, 0.29) is 11.4 Å². The highest BCUT2D eigenvalue weighted by Gasteiger charge is 2.11. The number of carbonyl (C=O) groups excluding carboxylic acids is 1. The van der Waals surface area contributed by atoms with Crippen molar-refractivity contribution in [3.63, 3.8) is 0 Å². The van der Waals surface area contributed by atoms with Gasteiger partial charge in [0.2, 0.25) is 0 Å². The number of primary amides is 1. The fraction of sp³-hybridized carbons (Fsp3) is 0. The van der Waals surface area contributed by atoms with Gasteiger partial charge in [-0.15, -0.1) is 10.2 Å². The third-order valence-electron chi connectivity index (χ3n) is 1.80. The van der Waals surface area contributed by atoms with E-state index in [1.54, 1.807) is 12.1 Å². The second kappa shape index (κ2) is 3.37. The standard InChI is InChI=1S/C8H8N6O/c9-7-5(8(10)15)4-14(13-7)6-2-1-3-11-12-6/h1-4H,(H2,9,13)(H2,10,15). The second-order valence-electron chi connectivity index (χ2n) is 2.82. The zero-order valence-electron chi connectivity index (χ0n) is 7.66. The lowest BCUT2D eigenvalue weighted by Crippen LogP contribution is -2.11. The zero-order valence-corrected chi connectivity index (χ0v) is 7.66. The SMILES string of the molecule is NC(=O)c1cn(-c2cccnn2)nc1N. The first-order valence-corrected chi connectivity index (χ1v) is 4.11. The van der Waals surface area contributed by atoms with Crippen molar-refractivity contribution in [1.82, 2.24) is 20.0 Å². The van der Waals surface area contributed by atoms with E-state index in [9.17, 15) is 4.79 Å². The van der Waals surface area contributed by atoms with E-state index in [0.717, 1.165) is 0 Å². The summed E-state index contributed by atoms with van der Waals surface area (Å²) in [5.41, 5.74) is 10.8. The molecule has 15 heavy (non-hydrogen) atoms. The maximum atomic E-state index is 10.9. The molecular weight excluding hydrogens is 196 g/mol. The Morgan fingerprint density at radius 2 is 2.27 bits per heavy atom. The minimum Gasteiger partial charge on any atom is -0.382 e. The lowest BCUT2D eigenvalue weighted by Gasteiger charge is -1.95. The van der Waals surface area contributed by atoms with E-state index in [2.05, 4.69) is 15.3 Å². The number of carbonyl (C=O) groups is 1. The molecule has 0 unspecified atom stereocenters. The molecule has 0 aliphatic heterocycles. The molecule has 0 saturated heterocycles. The van der Waals surface area contributed by atoms with Gasteiger partial charge in [-0.2, -0.15) is 5.10 Å². The van der Waals surface area contributed by atoms with Crippen LogP contribution < -0.4 is 11.5 Å². The van der Waals surface area contributed by atoms with Gasteiger partial charge >= 0.3 is 0 Å². The van der Waals surface area contributed by atoms with Gasteiger partial charge in [0.25, 0.3) is 5.91 Å². The van der Waals surface area contributed by atoms with E-state index < -0.39 is 5.91 Å². The molecule has 0 aliphatic carbocycles. The fourth-order valence-electron chi connectivity index (χ4n) is 1.11. The van der Waals surface area contributed by atoms with Crippen LogP contribution in [0.5, 0.6) is 0 Å². The minimum atomic E-state index is -0.623. The van der Waals surface area contributed by atoms with Crippen LogP contribution in [0.15, 0.2) is 24.5 Å². The smallest absolute Gasteiger partial charge is 0.254 e. The van der Waals surface area contributed by atoms with Crippen molar-refractivity contribution in [1.29, 1.82) is 0 Å². The van der Waals surface area contributed by atoms with Crippen molar-refractivity contribution in [3.05, 3.63) is 30.1 Å². The molecule has 2 aromatic heterocycles. The Morgan fingerprint density at radius 1 is 1.47 bits per heavy atom. The molecule has 0 aliphatic rings. The van der Waals surface area contributed by atoms with E-state index in [1.807, 2.05) is 0 Å². The summed E-state index contributed by atoms with van der Waals surface area (Å²) in [6, 6.07) is 3.38. The van der Waals surface area contributed by atoms with Crippen LogP contribution in [0.3, 0.4) is 0 Å². The van der Waals surface area contributed by atoms with Crippen LogP contribution in [-0.4, -0.2) is 25.9 Å². The summed E-state index contributed by atoms with van der Waals surface area (Å²) in [6.45, 7) is 0. The number of hydrogen-bond donors (Lipinski definition) is 2. The van der Waals surface area contributed by atoms with Gasteiger partial charge in [0.05, 0.1) is 0 Å². The minimum absolute atomic E-state index is 0.0770. The molecule has 1 amide bonds. The number of aromatic nitrogens is 4. The van der Waals surface area contributed by atoms with Crippen LogP contribution in [-0.2, 0) is 0 Å². The van der Waals surface area contributed by atoms with Crippen LogP contribution in [0, 0.1) is 0 Å². The summed E-state index contributed by atoms with van der Waals surface area (Å²) >= 11 is 0. The van der Waals surface area contributed by atoms with E-state index in [4.69, 9.17) is 11.5 Å². The quantitative estimate of drug-likeness (QED) is 0.674. The van der Waals surface area contributed by atoms with Gasteiger partial charge in [0.15, 0.2) is 11.6 Å². The average molecular weight is 204 g/mol. The average Bonchev–Trinajstić information content (AvgIpc) is 2.62. The molecule has 0 bridgehead atoms. The summed E-state index contributed by atoms with van der Waals surface area (Å²) in [5.74, 6) is -0.0764. The normalized spacial score (nSPS) is 10.1. The Hall–Kier alpha value is -2.44. The first-order chi connectivity index (χ1) is 7.18. The molecular formula is C8H8N6O. The number of amides is 1. The Bertz CT molecular complexity index is 491. The van der Waals surface area contributed by atoms with Gasteiger partial charge in [-0.1, -0.05) is 0 Å². The highest BCUT2D eigenvalue weighted by molar-refractivity contribution is 5.96. The number of anilines is 1. The molecule has 7 heteroatoms. The highest BCUT2D eigenvalue weighted by atomic mass is 16.1. The molecule has 2 heterocycles. The summed E-state index contributed by atoms with van der Waals surface area (Å²) in [4.78, 5) is 10.9. The number of rotatable bonds is 2. The molecule has 0 spiro atoms. The summed E-state index contributed by atoms with van der Waals surface area (Å²) < 4.78 is 1.35. The van der Waals surface area contributed by atoms with Crippen LogP contribution in [0.4, 0.5) is 5.82 Å². The highest BCUT2D eigenvalue weighted by Crippen LogP contribution is 2.10. The van der Waals surface area contributed by atoms with Crippen LogP contribution >= 0.6 is 0 Å². The number of hydrogen-bond acceptors (Lipinski definition) is 5. The van der Waals surface area contributed by atoms with Gasteiger partial charge in [-0.3, -0.25) is 4.79 Å². The largest absolute Gasteiger partial charge is 0.382 e. The number of nitrogens with zero attached hydrogens (tertiary/aromatic N) is 4. The van der Waals surface area contributed by atoms with Crippen LogP contribution in [0.2, 0.25) is 0 Å². The maximum absolute atomic E-state index is 10.9. The third kappa shape index (κ3) is 1.62. The molecule has 0 radical (unpaired) electrons. The Kier molecular flexibility index (Phi) is 2.05. The van der Waals surface area contributed by atoms with Gasteiger partial charge in [-0.25, -0.2) is 4.68 Å². The molecule has 0 aromatic carbocycles. The predicted molar refractivity (Wildman–Crippen MR) is 52.1 cm³/mol. The number of nitrogens with two attached hydrogens (primary N) is 2. The molecule has 76 valence electrons. The zero-order chi connectivity index (χ0) is 10.8. The topological polar surface area (TPSA) is 113 Å². The van der Waals surface area contributed by atoms with Crippen molar-refractivity contribution < 1.29 is 4.79 Å². The molecule has 4 N–H and O–H groups in total. The lowest BCUT2D eigenvalue weighted by molar-refractivity contribution is 0.100. The van der Waals surface area contributed by atoms with Crippen LogP contribution in [0.1, 0.15) is 10.4 Å². The van der Waals surface area contributed by atoms with Gasteiger partial charge < -0.3 is 11.5 Å². The van der Waals surface area contributed by atoms with Crippen LogP contribution in [0.25, 0.3) is 5.82 Å². The first-order valence-electron chi connectivity index (χ1n) is 4.11. The third-order valence-corrected chi connectivity index (χ3v) is 1.80. The Labute approximate surface area is 84.7 Å². The van der Waals surface area contributed by atoms with Crippen molar-refractivity contribution in [2.45, 2.75) is 0 Å². The monoisotopic (exact) mass is 204 g/mol. The van der Waals surface area contributed by atoms with E-state index in [0.29, 0.717) is 5.82 Å². The molecule has 2 rings (SSSR count). The fourth-order valence-corrected chi connectivity index (χ4v) is 1.11. The van der Waals surface area contributed by atoms with Crippen molar-refractivity contribution >= 4 is 11.7 Å². The van der Waals surface area contributed by atoms with Gasteiger partial charge in [0.1, 0.15) is 5.56 Å². The molecule has 2 aromatic rings.